The van der Waals surface area contributed by atoms with Crippen LogP contribution in [0.2, 0.25) is 0 Å². The highest BCUT2D eigenvalue weighted by Gasteiger charge is 2.46. The van der Waals surface area contributed by atoms with Crippen molar-refractivity contribution in [1.82, 2.24) is 9.55 Å². The van der Waals surface area contributed by atoms with Crippen molar-refractivity contribution < 1.29 is 19.7 Å². The molecule has 9 heteroatoms. The zero-order chi connectivity index (χ0) is 28.6. The molecule has 0 unspecified atom stereocenters. The van der Waals surface area contributed by atoms with Crippen LogP contribution in [0.15, 0.2) is 93.1 Å². The molecule has 40 heavy (non-hydrogen) atoms. The number of H-pyrrole nitrogens is 1. The number of ether oxygens (including phenoxy) is 2. The van der Waals surface area contributed by atoms with E-state index >= 15 is 0 Å². The van der Waals surface area contributed by atoms with Crippen LogP contribution in [0.4, 0.5) is 0 Å². The highest BCUT2D eigenvalue weighted by Crippen LogP contribution is 2.42. The van der Waals surface area contributed by atoms with Crippen LogP contribution in [-0.2, 0) is 15.1 Å². The molecule has 1 saturated heterocycles. The second kappa shape index (κ2) is 11.3. The molecule has 1 aliphatic rings. The molecule has 0 radical (unpaired) electrons. The zero-order valence-corrected chi connectivity index (χ0v) is 24.0. The van der Waals surface area contributed by atoms with Crippen LogP contribution in [0, 0.1) is 20.8 Å². The Morgan fingerprint density at radius 2 is 1.27 bits per heavy atom. The van der Waals surface area contributed by atoms with E-state index in [1.165, 1.54) is 6.20 Å². The Balaban J connectivity index is 1.56. The molecule has 2 heterocycles. The summed E-state index contributed by atoms with van der Waals surface area (Å²) in [6.07, 6.45) is -3.75. The highest BCUT2D eigenvalue weighted by molar-refractivity contribution is 9.10. The van der Waals surface area contributed by atoms with Crippen LogP contribution in [0.5, 0.6) is 0 Å². The van der Waals surface area contributed by atoms with Crippen LogP contribution in [0.1, 0.15) is 39.6 Å². The third kappa shape index (κ3) is 5.23. The number of aryl methyl sites for hydroxylation is 3. The number of aliphatic hydroxyl groups is 2. The van der Waals surface area contributed by atoms with Gasteiger partial charge in [-0.1, -0.05) is 89.5 Å². The molecule has 4 aromatic rings. The van der Waals surface area contributed by atoms with Crippen molar-refractivity contribution in [3.8, 4) is 0 Å². The lowest BCUT2D eigenvalue weighted by Gasteiger charge is -2.37. The van der Waals surface area contributed by atoms with E-state index in [1.807, 2.05) is 93.6 Å². The Morgan fingerprint density at radius 3 is 1.73 bits per heavy atom. The van der Waals surface area contributed by atoms with E-state index in [9.17, 15) is 19.8 Å². The maximum Gasteiger partial charge on any atom is 0.330 e. The van der Waals surface area contributed by atoms with Crippen molar-refractivity contribution in [2.75, 3.05) is 6.61 Å². The molecule has 0 bridgehead atoms. The topological polar surface area (TPSA) is 114 Å². The minimum Gasteiger partial charge on any atom is -0.387 e. The average Bonchev–Trinajstić information content (AvgIpc) is 3.22. The van der Waals surface area contributed by atoms with Crippen LogP contribution >= 0.6 is 15.9 Å². The maximum atomic E-state index is 12.5. The lowest BCUT2D eigenvalue weighted by Crippen LogP contribution is -2.40. The lowest BCUT2D eigenvalue weighted by molar-refractivity contribution is -0.0959. The molecule has 0 aliphatic carbocycles. The van der Waals surface area contributed by atoms with E-state index in [2.05, 4.69) is 20.9 Å². The number of nitrogens with one attached hydrogen (secondary N) is 1. The number of hydrogen-bond donors (Lipinski definition) is 3. The predicted octanol–water partition coefficient (Wildman–Crippen LogP) is 3.85. The fourth-order valence-corrected chi connectivity index (χ4v) is 5.39. The van der Waals surface area contributed by atoms with Gasteiger partial charge in [-0.3, -0.25) is 14.3 Å². The predicted molar refractivity (Wildman–Crippen MR) is 154 cm³/mol. The number of halogens is 1. The van der Waals surface area contributed by atoms with Gasteiger partial charge in [0.2, 0.25) is 0 Å². The molecule has 0 amide bonds. The minimum absolute atomic E-state index is 0.0919. The third-order valence-corrected chi connectivity index (χ3v) is 7.94. The summed E-state index contributed by atoms with van der Waals surface area (Å²) < 4.78 is 14.0. The summed E-state index contributed by atoms with van der Waals surface area (Å²) in [6, 6.07) is 24.3. The largest absolute Gasteiger partial charge is 0.387 e. The normalized spacial score (nSPS) is 21.1. The summed E-state index contributed by atoms with van der Waals surface area (Å²) in [5.41, 5.74) is 3.52. The molecule has 3 aromatic carbocycles. The first-order valence-electron chi connectivity index (χ1n) is 13.0. The number of rotatable bonds is 7. The zero-order valence-electron chi connectivity index (χ0n) is 22.4. The monoisotopic (exact) mass is 606 g/mol. The number of aromatic amines is 1. The van der Waals surface area contributed by atoms with Crippen LogP contribution in [0.25, 0.3) is 0 Å². The number of nitrogens with zero attached hydrogens (tertiary/aromatic N) is 1. The molecule has 1 fully saturated rings. The van der Waals surface area contributed by atoms with Gasteiger partial charge in [0.15, 0.2) is 6.23 Å². The van der Waals surface area contributed by atoms with Crippen molar-refractivity contribution in [2.45, 2.75) is 50.9 Å². The molecule has 3 N–H and O–H groups in total. The molecular weight excluding hydrogens is 576 g/mol. The Kier molecular flexibility index (Phi) is 7.94. The molecule has 4 atom stereocenters. The van der Waals surface area contributed by atoms with Gasteiger partial charge in [0.1, 0.15) is 23.9 Å². The molecule has 1 aromatic heterocycles. The Morgan fingerprint density at radius 1 is 0.825 bits per heavy atom. The first-order chi connectivity index (χ1) is 19.1. The second-order valence-corrected chi connectivity index (χ2v) is 11.1. The van der Waals surface area contributed by atoms with E-state index in [0.717, 1.165) is 37.9 Å². The maximum absolute atomic E-state index is 12.5. The molecule has 5 rings (SSSR count). The van der Waals surface area contributed by atoms with Crippen LogP contribution in [-0.4, -0.2) is 44.7 Å². The fraction of sp³-hybridized carbons (Fsp3) is 0.290. The second-order valence-electron chi connectivity index (χ2n) is 10.3. The van der Waals surface area contributed by atoms with Crippen molar-refractivity contribution in [3.63, 3.8) is 0 Å². The van der Waals surface area contributed by atoms with E-state index in [4.69, 9.17) is 9.47 Å². The number of benzene rings is 3. The van der Waals surface area contributed by atoms with Gasteiger partial charge < -0.3 is 19.7 Å². The Hall–Kier alpha value is -3.34. The standard InChI is InChI=1S/C31H31BrN2O6/c1-18-4-10-21(11-5-18)31(22-12-6-19(2)7-13-22,23-14-8-20(3)9-15-23)39-17-25-26(35)27(36)29(40-25)34-16-24(32)28(37)33-30(34)38/h4-16,25-27,29,35-36H,17H2,1-3H3,(H,33,37,38)/t25-,26+,27+,29-/m1/s1. The average molecular weight is 608 g/mol. The van der Waals surface area contributed by atoms with Gasteiger partial charge in [0, 0.05) is 6.20 Å². The first kappa shape index (κ1) is 28.2. The van der Waals surface area contributed by atoms with E-state index < -0.39 is 41.4 Å². The molecular formula is C31H31BrN2O6. The third-order valence-electron chi connectivity index (χ3n) is 7.37. The SMILES string of the molecule is Cc1ccc(C(OC[C@H]2O[C@@H](n3cc(Br)c(=O)[nH]c3=O)[C@@H](O)[C@H]2O)(c2ccc(C)cc2)c2ccc(C)cc2)cc1. The van der Waals surface area contributed by atoms with Gasteiger partial charge >= 0.3 is 5.69 Å². The van der Waals surface area contributed by atoms with Gasteiger partial charge in [-0.2, -0.15) is 0 Å². The fourth-order valence-electron chi connectivity index (χ4n) is 5.07. The van der Waals surface area contributed by atoms with Gasteiger partial charge in [-0.15, -0.1) is 0 Å². The Labute approximate surface area is 240 Å². The van der Waals surface area contributed by atoms with Gasteiger partial charge in [-0.25, -0.2) is 4.79 Å². The van der Waals surface area contributed by atoms with Crippen molar-refractivity contribution in [1.29, 1.82) is 0 Å². The lowest BCUT2D eigenvalue weighted by atomic mass is 9.79. The number of aliphatic hydroxyl groups excluding tert-OH is 2. The minimum atomic E-state index is -1.43. The molecule has 208 valence electrons. The number of hydrogen-bond acceptors (Lipinski definition) is 6. The number of aromatic nitrogens is 2. The molecule has 8 nitrogen and oxygen atoms in total. The van der Waals surface area contributed by atoms with E-state index in [1.54, 1.807) is 0 Å². The molecule has 0 saturated carbocycles. The molecule has 0 spiro atoms. The quantitative estimate of drug-likeness (QED) is 0.275. The summed E-state index contributed by atoms with van der Waals surface area (Å²) in [4.78, 5) is 26.5. The highest BCUT2D eigenvalue weighted by atomic mass is 79.9. The summed E-state index contributed by atoms with van der Waals surface area (Å²) in [6.45, 7) is 5.95. The van der Waals surface area contributed by atoms with Crippen molar-refractivity contribution in [3.05, 3.63) is 138 Å². The van der Waals surface area contributed by atoms with Crippen LogP contribution in [0.3, 0.4) is 0 Å². The first-order valence-corrected chi connectivity index (χ1v) is 13.8. The summed E-state index contributed by atoms with van der Waals surface area (Å²) in [7, 11) is 0. The Bertz CT molecular complexity index is 1480. The van der Waals surface area contributed by atoms with Crippen molar-refractivity contribution in [2.24, 2.45) is 0 Å². The van der Waals surface area contributed by atoms with Gasteiger partial charge in [0.25, 0.3) is 5.56 Å². The smallest absolute Gasteiger partial charge is 0.330 e. The van der Waals surface area contributed by atoms with E-state index in [-0.39, 0.29) is 11.1 Å². The van der Waals surface area contributed by atoms with Crippen LogP contribution < -0.4 is 11.2 Å². The van der Waals surface area contributed by atoms with E-state index in [0.29, 0.717) is 0 Å². The molecule has 1 aliphatic heterocycles. The summed E-state index contributed by atoms with van der Waals surface area (Å²) in [5.74, 6) is 0. The van der Waals surface area contributed by atoms with Crippen molar-refractivity contribution >= 4 is 15.9 Å². The summed E-state index contributed by atoms with van der Waals surface area (Å²) >= 11 is 3.10. The van der Waals surface area contributed by atoms with Gasteiger partial charge in [-0.05, 0) is 53.4 Å². The van der Waals surface area contributed by atoms with Gasteiger partial charge in [0.05, 0.1) is 11.1 Å². The summed E-state index contributed by atoms with van der Waals surface area (Å²) in [5, 5.41) is 21.8.